The topological polar surface area (TPSA) is 58.6 Å². The van der Waals surface area contributed by atoms with Gasteiger partial charge < -0.3 is 14.5 Å². The van der Waals surface area contributed by atoms with Crippen molar-refractivity contribution in [3.05, 3.63) is 40.0 Å². The van der Waals surface area contributed by atoms with Gasteiger partial charge in [0.2, 0.25) is 0 Å². The molecule has 6 nitrogen and oxygen atoms in total. The summed E-state index contributed by atoms with van der Waals surface area (Å²) in [4.78, 5) is 26.5. The van der Waals surface area contributed by atoms with Gasteiger partial charge in [0.25, 0.3) is 5.91 Å². The quantitative estimate of drug-likeness (QED) is 0.829. The van der Waals surface area contributed by atoms with Crippen molar-refractivity contribution in [2.75, 3.05) is 44.8 Å². The number of ether oxygens (including phenoxy) is 1. The van der Waals surface area contributed by atoms with Crippen LogP contribution >= 0.6 is 11.3 Å². The van der Waals surface area contributed by atoms with Crippen LogP contribution in [-0.4, -0.2) is 60.7 Å². The number of rotatable bonds is 5. The van der Waals surface area contributed by atoms with Crippen molar-refractivity contribution in [1.82, 2.24) is 14.9 Å². The minimum absolute atomic E-state index is 0.0497. The van der Waals surface area contributed by atoms with Crippen molar-refractivity contribution in [3.63, 3.8) is 0 Å². The number of amides is 1. The number of hydrogen-bond acceptors (Lipinski definition) is 6. The highest BCUT2D eigenvalue weighted by molar-refractivity contribution is 7.09. The van der Waals surface area contributed by atoms with Gasteiger partial charge in [-0.25, -0.2) is 9.97 Å². The van der Waals surface area contributed by atoms with Gasteiger partial charge in [-0.1, -0.05) is 0 Å². The molecule has 1 amide bonds. The highest BCUT2D eigenvalue weighted by Crippen LogP contribution is 2.17. The molecule has 0 radical (unpaired) electrons. The van der Waals surface area contributed by atoms with Crippen LogP contribution < -0.4 is 4.90 Å². The van der Waals surface area contributed by atoms with E-state index in [9.17, 15) is 4.79 Å². The molecule has 24 heavy (non-hydrogen) atoms. The summed E-state index contributed by atoms with van der Waals surface area (Å²) in [7, 11) is 2.00. The van der Waals surface area contributed by atoms with Crippen molar-refractivity contribution in [1.29, 1.82) is 0 Å². The molecule has 2 aromatic rings. The zero-order valence-corrected chi connectivity index (χ0v) is 14.9. The first-order valence-electron chi connectivity index (χ1n) is 8.08. The summed E-state index contributed by atoms with van der Waals surface area (Å²) >= 11 is 1.68. The van der Waals surface area contributed by atoms with Crippen LogP contribution in [0.15, 0.2) is 23.8 Å². The standard InChI is InChI=1S/C17H22N4O2S/c1-13-15(24-12-19-13)4-6-20(2)16-11-14(3-5-18-16)17(22)21-7-9-23-10-8-21/h3,5,11-12H,4,6-10H2,1-2H3. The van der Waals surface area contributed by atoms with Crippen LogP contribution in [0.25, 0.3) is 0 Å². The van der Waals surface area contributed by atoms with E-state index in [1.165, 1.54) is 4.88 Å². The van der Waals surface area contributed by atoms with E-state index in [-0.39, 0.29) is 5.91 Å². The van der Waals surface area contributed by atoms with Crippen LogP contribution in [0.5, 0.6) is 0 Å². The lowest BCUT2D eigenvalue weighted by Gasteiger charge is -2.27. The molecule has 0 bridgehead atoms. The van der Waals surface area contributed by atoms with Gasteiger partial charge in [0.1, 0.15) is 5.82 Å². The Hall–Kier alpha value is -1.99. The Morgan fingerprint density at radius 1 is 1.38 bits per heavy atom. The Morgan fingerprint density at radius 3 is 2.88 bits per heavy atom. The summed E-state index contributed by atoms with van der Waals surface area (Å²) in [5.74, 6) is 0.866. The normalized spacial score (nSPS) is 14.7. The van der Waals surface area contributed by atoms with E-state index in [1.807, 2.05) is 30.4 Å². The fourth-order valence-corrected chi connectivity index (χ4v) is 3.43. The number of nitrogens with zero attached hydrogens (tertiary/aromatic N) is 4. The Labute approximate surface area is 146 Å². The summed E-state index contributed by atoms with van der Waals surface area (Å²) in [6, 6.07) is 3.65. The first-order valence-corrected chi connectivity index (χ1v) is 8.96. The molecule has 1 aliphatic heterocycles. The van der Waals surface area contributed by atoms with Crippen LogP contribution in [0.3, 0.4) is 0 Å². The minimum atomic E-state index is 0.0497. The SMILES string of the molecule is Cc1ncsc1CCN(C)c1cc(C(=O)N2CCOCC2)ccn1. The number of aromatic nitrogens is 2. The summed E-state index contributed by atoms with van der Waals surface area (Å²) in [5, 5.41) is 0. The Balaban J connectivity index is 1.65. The van der Waals surface area contributed by atoms with E-state index in [1.54, 1.807) is 23.6 Å². The third-order valence-corrected chi connectivity index (χ3v) is 5.20. The fourth-order valence-electron chi connectivity index (χ4n) is 2.66. The largest absolute Gasteiger partial charge is 0.378 e. The van der Waals surface area contributed by atoms with Crippen molar-refractivity contribution < 1.29 is 9.53 Å². The van der Waals surface area contributed by atoms with Gasteiger partial charge in [-0.3, -0.25) is 4.79 Å². The number of carbonyl (C=O) groups is 1. The molecule has 1 fully saturated rings. The highest BCUT2D eigenvalue weighted by atomic mass is 32.1. The van der Waals surface area contributed by atoms with Gasteiger partial charge in [-0.15, -0.1) is 11.3 Å². The summed E-state index contributed by atoms with van der Waals surface area (Å²) in [5.41, 5.74) is 3.66. The smallest absolute Gasteiger partial charge is 0.254 e. The maximum absolute atomic E-state index is 12.6. The Bertz CT molecular complexity index is 697. The number of likely N-dealkylation sites (N-methyl/N-ethyl adjacent to an activating group) is 1. The first-order chi connectivity index (χ1) is 11.6. The molecule has 0 atom stereocenters. The van der Waals surface area contributed by atoms with Gasteiger partial charge in [-0.05, 0) is 19.1 Å². The van der Waals surface area contributed by atoms with Gasteiger partial charge in [0, 0.05) is 49.7 Å². The van der Waals surface area contributed by atoms with Crippen LogP contribution in [0.4, 0.5) is 5.82 Å². The first kappa shape index (κ1) is 16.9. The minimum Gasteiger partial charge on any atom is -0.378 e. The molecular weight excluding hydrogens is 324 g/mol. The summed E-state index contributed by atoms with van der Waals surface area (Å²) < 4.78 is 5.31. The van der Waals surface area contributed by atoms with Crippen molar-refractivity contribution in [2.45, 2.75) is 13.3 Å². The lowest BCUT2D eigenvalue weighted by molar-refractivity contribution is 0.0303. The molecule has 3 rings (SSSR count). The molecule has 0 spiro atoms. The van der Waals surface area contributed by atoms with Crippen LogP contribution in [-0.2, 0) is 11.2 Å². The summed E-state index contributed by atoms with van der Waals surface area (Å²) in [6.07, 6.45) is 2.63. The van der Waals surface area contributed by atoms with Gasteiger partial charge in [-0.2, -0.15) is 0 Å². The third-order valence-electron chi connectivity index (χ3n) is 4.20. The lowest BCUT2D eigenvalue weighted by Crippen LogP contribution is -2.40. The molecule has 0 aliphatic carbocycles. The fraction of sp³-hybridized carbons (Fsp3) is 0.471. The van der Waals surface area contributed by atoms with Crippen LogP contribution in [0.2, 0.25) is 0 Å². The number of anilines is 1. The maximum atomic E-state index is 12.6. The predicted octanol–water partition coefficient (Wildman–Crippen LogP) is 2.00. The number of thiazole rings is 1. The number of carbonyl (C=O) groups excluding carboxylic acids is 1. The number of pyridine rings is 1. The summed E-state index contributed by atoms with van der Waals surface area (Å²) in [6.45, 7) is 5.39. The van der Waals surface area contributed by atoms with Gasteiger partial charge in [0.05, 0.1) is 24.4 Å². The number of morpholine rings is 1. The zero-order chi connectivity index (χ0) is 16.9. The zero-order valence-electron chi connectivity index (χ0n) is 14.1. The number of aryl methyl sites for hydroxylation is 1. The molecule has 3 heterocycles. The second-order valence-corrected chi connectivity index (χ2v) is 6.78. The second kappa shape index (κ2) is 7.72. The molecule has 0 unspecified atom stereocenters. The predicted molar refractivity (Wildman–Crippen MR) is 94.8 cm³/mol. The van der Waals surface area contributed by atoms with Crippen molar-refractivity contribution in [3.8, 4) is 0 Å². The van der Waals surface area contributed by atoms with Crippen LogP contribution in [0, 0.1) is 6.92 Å². The van der Waals surface area contributed by atoms with E-state index in [0.29, 0.717) is 31.9 Å². The monoisotopic (exact) mass is 346 g/mol. The van der Waals surface area contributed by atoms with E-state index in [0.717, 1.165) is 24.5 Å². The maximum Gasteiger partial charge on any atom is 0.254 e. The van der Waals surface area contributed by atoms with E-state index in [4.69, 9.17) is 4.74 Å². The average molecular weight is 346 g/mol. The van der Waals surface area contributed by atoms with Gasteiger partial charge in [0.15, 0.2) is 0 Å². The number of hydrogen-bond donors (Lipinski definition) is 0. The third kappa shape index (κ3) is 3.91. The van der Waals surface area contributed by atoms with E-state index in [2.05, 4.69) is 14.9 Å². The lowest BCUT2D eigenvalue weighted by atomic mass is 10.2. The second-order valence-electron chi connectivity index (χ2n) is 5.84. The van der Waals surface area contributed by atoms with E-state index >= 15 is 0 Å². The van der Waals surface area contributed by atoms with E-state index < -0.39 is 0 Å². The molecule has 128 valence electrons. The molecule has 0 N–H and O–H groups in total. The Kier molecular flexibility index (Phi) is 5.42. The molecule has 1 aliphatic rings. The van der Waals surface area contributed by atoms with Gasteiger partial charge >= 0.3 is 0 Å². The van der Waals surface area contributed by atoms with Crippen molar-refractivity contribution in [2.24, 2.45) is 0 Å². The molecule has 1 saturated heterocycles. The molecular formula is C17H22N4O2S. The average Bonchev–Trinajstić information content (AvgIpc) is 3.05. The van der Waals surface area contributed by atoms with Crippen LogP contribution in [0.1, 0.15) is 20.9 Å². The Morgan fingerprint density at radius 2 is 2.17 bits per heavy atom. The highest BCUT2D eigenvalue weighted by Gasteiger charge is 2.19. The molecule has 0 saturated carbocycles. The molecule has 0 aromatic carbocycles. The molecule has 2 aromatic heterocycles. The molecule has 7 heteroatoms. The van der Waals surface area contributed by atoms with Crippen molar-refractivity contribution >= 4 is 23.1 Å².